The Morgan fingerprint density at radius 2 is 1.89 bits per heavy atom. The minimum absolute atomic E-state index is 0.640. The van der Waals surface area contributed by atoms with Crippen LogP contribution in [0, 0.1) is 11.3 Å². The molecule has 0 bridgehead atoms. The molecular formula is C15H30N2S. The number of nitrogens with zero attached hydrogens (tertiary/aromatic N) is 1. The van der Waals surface area contributed by atoms with E-state index >= 15 is 0 Å². The molecule has 0 saturated heterocycles. The lowest BCUT2D eigenvalue weighted by Gasteiger charge is -2.53. The molecule has 0 radical (unpaired) electrons. The minimum atomic E-state index is 0.640. The fraction of sp³-hybridized carbons (Fsp3) is 1.00. The largest absolute Gasteiger partial charge is 0.314 e. The lowest BCUT2D eigenvalue weighted by molar-refractivity contribution is -0.00626. The third kappa shape index (κ3) is 3.43. The first-order chi connectivity index (χ1) is 8.54. The summed E-state index contributed by atoms with van der Waals surface area (Å²) in [6.45, 7) is 5.72. The lowest BCUT2D eigenvalue weighted by Crippen LogP contribution is -2.47. The third-order valence-corrected chi connectivity index (χ3v) is 5.57. The highest BCUT2D eigenvalue weighted by atomic mass is 32.1. The molecule has 0 unspecified atom stereocenters. The molecule has 0 atom stereocenters. The summed E-state index contributed by atoms with van der Waals surface area (Å²) in [6, 6.07) is 1.43. The van der Waals surface area contributed by atoms with Crippen molar-refractivity contribution >= 4 is 12.6 Å². The zero-order valence-electron chi connectivity index (χ0n) is 12.3. The van der Waals surface area contributed by atoms with Gasteiger partial charge in [-0.05, 0) is 63.5 Å². The quantitative estimate of drug-likeness (QED) is 0.589. The Hall–Kier alpha value is 0.270. The van der Waals surface area contributed by atoms with Crippen molar-refractivity contribution in [3.8, 4) is 0 Å². The molecule has 1 N–H and O–H groups in total. The number of hydrogen-bond donors (Lipinski definition) is 2. The smallest absolute Gasteiger partial charge is 0.0414 e. The van der Waals surface area contributed by atoms with Crippen LogP contribution in [0.25, 0.3) is 0 Å². The molecular weight excluding hydrogens is 240 g/mol. The van der Waals surface area contributed by atoms with Gasteiger partial charge in [0, 0.05) is 18.0 Å². The summed E-state index contributed by atoms with van der Waals surface area (Å²) >= 11 is 4.38. The average molecular weight is 270 g/mol. The van der Waals surface area contributed by atoms with Crippen LogP contribution in [0.15, 0.2) is 0 Å². The highest BCUT2D eigenvalue weighted by molar-refractivity contribution is 7.80. The van der Waals surface area contributed by atoms with Gasteiger partial charge in [-0.25, -0.2) is 0 Å². The summed E-state index contributed by atoms with van der Waals surface area (Å²) in [6.07, 6.45) is 8.64. The van der Waals surface area contributed by atoms with Crippen LogP contribution < -0.4 is 5.32 Å². The first-order valence-corrected chi connectivity index (χ1v) is 8.22. The number of nitrogens with one attached hydrogen (secondary N) is 1. The standard InChI is InChI=1S/C15H30N2S/c1-12(2)16-10-13-8-15(9-13)6-4-14(5-7-15)17(3)11-18/h12-14,16,18H,4-11H2,1-3H3. The van der Waals surface area contributed by atoms with E-state index in [1.807, 2.05) is 0 Å². The molecule has 0 aromatic heterocycles. The maximum atomic E-state index is 4.38. The summed E-state index contributed by atoms with van der Waals surface area (Å²) in [5, 5.41) is 3.59. The van der Waals surface area contributed by atoms with Gasteiger partial charge in [0.2, 0.25) is 0 Å². The maximum absolute atomic E-state index is 4.38. The Kier molecular flexibility index (Phi) is 5.01. The molecule has 2 aliphatic rings. The Morgan fingerprint density at radius 1 is 1.28 bits per heavy atom. The maximum Gasteiger partial charge on any atom is 0.0414 e. The van der Waals surface area contributed by atoms with Gasteiger partial charge in [-0.3, -0.25) is 4.90 Å². The van der Waals surface area contributed by atoms with Gasteiger partial charge in [0.1, 0.15) is 0 Å². The number of rotatable bonds is 5. The SMILES string of the molecule is CC(C)NCC1CC2(CCC(N(C)CS)CC2)C1. The summed E-state index contributed by atoms with van der Waals surface area (Å²) in [7, 11) is 2.21. The fourth-order valence-electron chi connectivity index (χ4n) is 3.89. The summed E-state index contributed by atoms with van der Waals surface area (Å²) in [5.41, 5.74) is 0.733. The van der Waals surface area contributed by atoms with E-state index in [4.69, 9.17) is 0 Å². The van der Waals surface area contributed by atoms with E-state index in [9.17, 15) is 0 Å². The predicted molar refractivity (Wildman–Crippen MR) is 82.2 cm³/mol. The second kappa shape index (κ2) is 6.15. The third-order valence-electron chi connectivity index (χ3n) is 5.12. The Labute approximate surface area is 118 Å². The van der Waals surface area contributed by atoms with Crippen molar-refractivity contribution in [1.82, 2.24) is 10.2 Å². The van der Waals surface area contributed by atoms with Crippen LogP contribution in [-0.4, -0.2) is 36.5 Å². The highest BCUT2D eigenvalue weighted by Gasteiger charge is 2.45. The molecule has 0 aromatic rings. The Bertz CT molecular complexity index is 251. The van der Waals surface area contributed by atoms with Gasteiger partial charge in [0.05, 0.1) is 0 Å². The lowest BCUT2D eigenvalue weighted by atomic mass is 9.55. The zero-order valence-corrected chi connectivity index (χ0v) is 13.2. The van der Waals surface area contributed by atoms with Gasteiger partial charge >= 0.3 is 0 Å². The normalized spacial score (nSPS) is 36.3. The Morgan fingerprint density at radius 3 is 2.39 bits per heavy atom. The van der Waals surface area contributed by atoms with E-state index in [0.29, 0.717) is 6.04 Å². The van der Waals surface area contributed by atoms with Gasteiger partial charge in [0.15, 0.2) is 0 Å². The van der Waals surface area contributed by atoms with Gasteiger partial charge < -0.3 is 5.32 Å². The van der Waals surface area contributed by atoms with Crippen LogP contribution in [0.2, 0.25) is 0 Å². The molecule has 106 valence electrons. The van der Waals surface area contributed by atoms with E-state index in [-0.39, 0.29) is 0 Å². The van der Waals surface area contributed by atoms with Crippen molar-refractivity contribution in [2.24, 2.45) is 11.3 Å². The summed E-state index contributed by atoms with van der Waals surface area (Å²) in [4.78, 5) is 2.41. The molecule has 18 heavy (non-hydrogen) atoms. The number of thiol groups is 1. The molecule has 0 aromatic carbocycles. The van der Waals surface area contributed by atoms with E-state index in [2.05, 4.69) is 43.7 Å². The molecule has 0 amide bonds. The van der Waals surface area contributed by atoms with Gasteiger partial charge in [0.25, 0.3) is 0 Å². The van der Waals surface area contributed by atoms with Crippen molar-refractivity contribution in [2.75, 3.05) is 19.5 Å². The second-order valence-electron chi connectivity index (χ2n) is 6.97. The zero-order chi connectivity index (χ0) is 13.2. The highest BCUT2D eigenvalue weighted by Crippen LogP contribution is 2.54. The van der Waals surface area contributed by atoms with Gasteiger partial charge in [-0.1, -0.05) is 13.8 Å². The molecule has 0 aliphatic heterocycles. The van der Waals surface area contributed by atoms with Crippen molar-refractivity contribution in [1.29, 1.82) is 0 Å². The monoisotopic (exact) mass is 270 g/mol. The van der Waals surface area contributed by atoms with Crippen LogP contribution >= 0.6 is 12.6 Å². The van der Waals surface area contributed by atoms with Crippen LogP contribution in [0.4, 0.5) is 0 Å². The van der Waals surface area contributed by atoms with Crippen LogP contribution in [0.1, 0.15) is 52.4 Å². The first-order valence-electron chi connectivity index (χ1n) is 7.59. The van der Waals surface area contributed by atoms with Crippen molar-refractivity contribution in [3.05, 3.63) is 0 Å². The molecule has 2 nitrogen and oxygen atoms in total. The van der Waals surface area contributed by atoms with Crippen LogP contribution in [0.3, 0.4) is 0 Å². The van der Waals surface area contributed by atoms with E-state index in [1.54, 1.807) is 0 Å². The average Bonchev–Trinajstić information content (AvgIpc) is 2.33. The molecule has 0 heterocycles. The summed E-state index contributed by atoms with van der Waals surface area (Å²) < 4.78 is 0. The molecule has 1 spiro atoms. The first kappa shape index (κ1) is 14.7. The molecule has 2 aliphatic carbocycles. The molecule has 3 heteroatoms. The van der Waals surface area contributed by atoms with Crippen LogP contribution in [0.5, 0.6) is 0 Å². The van der Waals surface area contributed by atoms with E-state index in [0.717, 1.165) is 23.3 Å². The van der Waals surface area contributed by atoms with Crippen molar-refractivity contribution in [3.63, 3.8) is 0 Å². The van der Waals surface area contributed by atoms with Crippen molar-refractivity contribution < 1.29 is 0 Å². The topological polar surface area (TPSA) is 15.3 Å². The van der Waals surface area contributed by atoms with E-state index in [1.165, 1.54) is 45.1 Å². The van der Waals surface area contributed by atoms with E-state index < -0.39 is 0 Å². The Balaban J connectivity index is 1.68. The minimum Gasteiger partial charge on any atom is -0.314 e. The summed E-state index contributed by atoms with van der Waals surface area (Å²) in [5.74, 6) is 1.85. The molecule has 2 rings (SSSR count). The molecule has 2 saturated carbocycles. The van der Waals surface area contributed by atoms with Gasteiger partial charge in [-0.15, -0.1) is 0 Å². The molecule has 2 fully saturated rings. The van der Waals surface area contributed by atoms with Crippen LogP contribution in [-0.2, 0) is 0 Å². The predicted octanol–water partition coefficient (Wildman–Crippen LogP) is 3.14. The second-order valence-corrected chi connectivity index (χ2v) is 7.25. The van der Waals surface area contributed by atoms with Gasteiger partial charge in [-0.2, -0.15) is 12.6 Å². The fourth-order valence-corrected chi connectivity index (χ4v) is 4.12. The van der Waals surface area contributed by atoms with Crippen molar-refractivity contribution in [2.45, 2.75) is 64.5 Å². The number of hydrogen-bond acceptors (Lipinski definition) is 3.